The van der Waals surface area contributed by atoms with Crippen molar-refractivity contribution >= 4 is 0 Å². The molecule has 3 aromatic rings. The van der Waals surface area contributed by atoms with Crippen molar-refractivity contribution in [1.29, 1.82) is 0 Å². The zero-order valence-electron chi connectivity index (χ0n) is 13.8. The topological polar surface area (TPSA) is 86.0 Å². The Labute approximate surface area is 139 Å². The molecule has 0 radical (unpaired) electrons. The number of rotatable bonds is 5. The Hall–Kier alpha value is -2.48. The molecule has 0 N–H and O–H groups in total. The van der Waals surface area contributed by atoms with Gasteiger partial charge in [0.25, 0.3) is 0 Å². The molecule has 4 heterocycles. The van der Waals surface area contributed by atoms with Gasteiger partial charge >= 0.3 is 0 Å². The second kappa shape index (κ2) is 6.20. The molecular weight excluding hydrogens is 308 g/mol. The zero-order valence-corrected chi connectivity index (χ0v) is 13.8. The van der Waals surface area contributed by atoms with Gasteiger partial charge in [0.2, 0.25) is 11.7 Å². The molecule has 24 heavy (non-hydrogen) atoms. The smallest absolute Gasteiger partial charge is 0.241 e. The summed E-state index contributed by atoms with van der Waals surface area (Å²) in [6, 6.07) is 4.04. The minimum atomic E-state index is 0.406. The predicted octanol–water partition coefficient (Wildman–Crippen LogP) is 2.20. The lowest BCUT2D eigenvalue weighted by atomic mass is 10.2. The average molecular weight is 328 g/mol. The largest absolute Gasteiger partial charge is 0.461 e. The summed E-state index contributed by atoms with van der Waals surface area (Å²) in [6.45, 7) is 6.42. The molecule has 1 fully saturated rings. The fourth-order valence-electron chi connectivity index (χ4n) is 3.24. The minimum Gasteiger partial charge on any atom is -0.461 e. The van der Waals surface area contributed by atoms with E-state index in [1.54, 1.807) is 6.26 Å². The van der Waals surface area contributed by atoms with Gasteiger partial charge in [-0.1, -0.05) is 5.16 Å². The minimum absolute atomic E-state index is 0.406. The highest BCUT2D eigenvalue weighted by Gasteiger charge is 2.27. The van der Waals surface area contributed by atoms with Crippen LogP contribution >= 0.6 is 0 Å². The van der Waals surface area contributed by atoms with E-state index in [0.29, 0.717) is 30.1 Å². The fraction of sp³-hybridized carbons (Fsp3) is 0.500. The monoisotopic (exact) mass is 328 g/mol. The first kappa shape index (κ1) is 15.1. The maximum atomic E-state index is 5.38. The predicted molar refractivity (Wildman–Crippen MR) is 84.9 cm³/mol. The molecule has 0 spiro atoms. The van der Waals surface area contributed by atoms with Gasteiger partial charge < -0.3 is 8.94 Å². The Morgan fingerprint density at radius 3 is 2.96 bits per heavy atom. The van der Waals surface area contributed by atoms with E-state index in [1.807, 2.05) is 30.7 Å². The highest BCUT2D eigenvalue weighted by atomic mass is 16.5. The number of furan rings is 1. The molecular formula is C16H20N6O2. The molecule has 0 bridgehead atoms. The van der Waals surface area contributed by atoms with Gasteiger partial charge in [-0.05, 0) is 45.4 Å². The van der Waals surface area contributed by atoms with Gasteiger partial charge in [-0.25, -0.2) is 9.67 Å². The molecule has 8 heteroatoms. The van der Waals surface area contributed by atoms with Crippen molar-refractivity contribution in [1.82, 2.24) is 29.8 Å². The van der Waals surface area contributed by atoms with Crippen LogP contribution in [0.1, 0.15) is 30.4 Å². The maximum Gasteiger partial charge on any atom is 0.241 e. The standard InChI is InChI=1S/C16H20N6O2/c1-11-17-12(2)22(19-11)9-13-5-3-7-21(13)10-15-18-16(20-24-15)14-6-4-8-23-14/h4,6,8,13H,3,5,7,9-10H2,1-2H3/t13-/m0/s1. The van der Waals surface area contributed by atoms with Crippen LogP contribution in [0.4, 0.5) is 0 Å². The second-order valence-corrected chi connectivity index (χ2v) is 6.14. The number of aromatic nitrogens is 5. The molecule has 1 aliphatic rings. The Morgan fingerprint density at radius 1 is 1.29 bits per heavy atom. The molecule has 3 aromatic heterocycles. The van der Waals surface area contributed by atoms with Crippen LogP contribution in [0.25, 0.3) is 11.6 Å². The van der Waals surface area contributed by atoms with E-state index in [1.165, 1.54) is 0 Å². The SMILES string of the molecule is Cc1nc(C)n(C[C@@H]2CCCN2Cc2nc(-c3ccco3)no2)n1. The third-order valence-electron chi connectivity index (χ3n) is 4.39. The van der Waals surface area contributed by atoms with Crippen LogP contribution in [0.2, 0.25) is 0 Å². The van der Waals surface area contributed by atoms with Gasteiger partial charge in [0.15, 0.2) is 5.76 Å². The number of hydrogen-bond acceptors (Lipinski definition) is 7. The summed E-state index contributed by atoms with van der Waals surface area (Å²) in [6.07, 6.45) is 3.90. The first-order valence-corrected chi connectivity index (χ1v) is 8.17. The maximum absolute atomic E-state index is 5.38. The molecule has 0 saturated carbocycles. The molecule has 0 aliphatic carbocycles. The van der Waals surface area contributed by atoms with Crippen LogP contribution in [0.3, 0.4) is 0 Å². The Bertz CT molecular complexity index is 807. The average Bonchev–Trinajstić information content (AvgIpc) is 3.30. The van der Waals surface area contributed by atoms with Crippen molar-refractivity contribution < 1.29 is 8.94 Å². The second-order valence-electron chi connectivity index (χ2n) is 6.14. The van der Waals surface area contributed by atoms with Crippen LogP contribution in [0.5, 0.6) is 0 Å². The highest BCUT2D eigenvalue weighted by Crippen LogP contribution is 2.22. The van der Waals surface area contributed by atoms with Crippen LogP contribution in [-0.4, -0.2) is 42.4 Å². The van der Waals surface area contributed by atoms with Crippen molar-refractivity contribution in [2.24, 2.45) is 0 Å². The van der Waals surface area contributed by atoms with Crippen LogP contribution in [0.15, 0.2) is 27.3 Å². The van der Waals surface area contributed by atoms with E-state index < -0.39 is 0 Å². The Morgan fingerprint density at radius 2 is 2.21 bits per heavy atom. The zero-order chi connectivity index (χ0) is 16.5. The fourth-order valence-corrected chi connectivity index (χ4v) is 3.24. The van der Waals surface area contributed by atoms with E-state index in [0.717, 1.165) is 37.6 Å². The summed E-state index contributed by atoms with van der Waals surface area (Å²) < 4.78 is 12.7. The number of nitrogens with zero attached hydrogens (tertiary/aromatic N) is 6. The van der Waals surface area contributed by atoms with Crippen molar-refractivity contribution in [3.63, 3.8) is 0 Å². The van der Waals surface area contributed by atoms with Gasteiger partial charge in [-0.3, -0.25) is 4.90 Å². The summed E-state index contributed by atoms with van der Waals surface area (Å²) in [5, 5.41) is 8.46. The summed E-state index contributed by atoms with van der Waals surface area (Å²) in [7, 11) is 0. The molecule has 126 valence electrons. The van der Waals surface area contributed by atoms with E-state index >= 15 is 0 Å². The molecule has 8 nitrogen and oxygen atoms in total. The van der Waals surface area contributed by atoms with E-state index in [9.17, 15) is 0 Å². The quantitative estimate of drug-likeness (QED) is 0.709. The van der Waals surface area contributed by atoms with E-state index in [4.69, 9.17) is 8.94 Å². The van der Waals surface area contributed by atoms with Crippen molar-refractivity contribution in [3.8, 4) is 11.6 Å². The van der Waals surface area contributed by atoms with Crippen molar-refractivity contribution in [2.75, 3.05) is 6.54 Å². The van der Waals surface area contributed by atoms with E-state index in [2.05, 4.69) is 25.1 Å². The third-order valence-corrected chi connectivity index (χ3v) is 4.39. The molecule has 0 unspecified atom stereocenters. The molecule has 1 atom stereocenters. The molecule has 1 aliphatic heterocycles. The summed E-state index contributed by atoms with van der Waals surface area (Å²) >= 11 is 0. The van der Waals surface area contributed by atoms with Gasteiger partial charge in [0, 0.05) is 6.04 Å². The number of aryl methyl sites for hydroxylation is 2. The molecule has 4 rings (SSSR count). The summed E-state index contributed by atoms with van der Waals surface area (Å²) in [4.78, 5) is 11.2. The lowest BCUT2D eigenvalue weighted by Gasteiger charge is -2.22. The van der Waals surface area contributed by atoms with Crippen LogP contribution in [0, 0.1) is 13.8 Å². The molecule has 0 amide bonds. The van der Waals surface area contributed by atoms with Crippen molar-refractivity contribution in [3.05, 3.63) is 35.9 Å². The van der Waals surface area contributed by atoms with E-state index in [-0.39, 0.29) is 0 Å². The Kier molecular flexibility index (Phi) is 3.89. The van der Waals surface area contributed by atoms with Gasteiger partial charge in [0.05, 0.1) is 19.4 Å². The molecule has 0 aromatic carbocycles. The third kappa shape index (κ3) is 2.96. The normalized spacial score (nSPS) is 18.5. The lowest BCUT2D eigenvalue weighted by molar-refractivity contribution is 0.191. The summed E-state index contributed by atoms with van der Waals surface area (Å²) in [5.41, 5.74) is 0. The van der Waals surface area contributed by atoms with Crippen LogP contribution < -0.4 is 0 Å². The van der Waals surface area contributed by atoms with Gasteiger partial charge in [-0.2, -0.15) is 10.1 Å². The molecule has 1 saturated heterocycles. The first-order valence-electron chi connectivity index (χ1n) is 8.17. The van der Waals surface area contributed by atoms with Crippen LogP contribution in [-0.2, 0) is 13.1 Å². The number of likely N-dealkylation sites (tertiary alicyclic amines) is 1. The van der Waals surface area contributed by atoms with Gasteiger partial charge in [0.1, 0.15) is 11.6 Å². The first-order chi connectivity index (χ1) is 11.7. The lowest BCUT2D eigenvalue weighted by Crippen LogP contribution is -2.33. The number of hydrogen-bond donors (Lipinski definition) is 0. The van der Waals surface area contributed by atoms with Crippen molar-refractivity contribution in [2.45, 2.75) is 45.8 Å². The highest BCUT2D eigenvalue weighted by molar-refractivity contribution is 5.44. The van der Waals surface area contributed by atoms with Gasteiger partial charge in [-0.15, -0.1) is 0 Å². The summed E-state index contributed by atoms with van der Waals surface area (Å²) in [5.74, 6) is 3.50. The Balaban J connectivity index is 1.44.